The number of anilines is 2. The molecule has 1 heterocycles. The van der Waals surface area contributed by atoms with Crippen molar-refractivity contribution in [2.45, 2.75) is 13.8 Å². The van der Waals surface area contributed by atoms with Gasteiger partial charge in [-0.15, -0.1) is 0 Å². The average Bonchev–Trinajstić information content (AvgIpc) is 2.46. The number of fused-ring (bicyclic) bond motifs is 1. The van der Waals surface area contributed by atoms with Crippen LogP contribution in [0.15, 0.2) is 48.5 Å². The first-order valence-corrected chi connectivity index (χ1v) is 6.99. The van der Waals surface area contributed by atoms with Crippen molar-refractivity contribution in [3.05, 3.63) is 65.4 Å². The molecule has 2 aromatic carbocycles. The van der Waals surface area contributed by atoms with Crippen molar-refractivity contribution in [1.82, 2.24) is 4.98 Å². The molecule has 4 nitrogen and oxygen atoms in total. The number of nitrogens with one attached hydrogen (secondary N) is 1. The number of aryl methyl sites for hydroxylation is 2. The number of carbonyl (C=O) groups excluding carboxylic acids is 1. The van der Waals surface area contributed by atoms with Crippen LogP contribution < -0.4 is 10.4 Å². The number of carbonyl (C=O) groups is 1. The zero-order valence-corrected chi connectivity index (χ0v) is 12.4. The summed E-state index contributed by atoms with van der Waals surface area (Å²) in [6, 6.07) is 14.7. The molecular formula is C18H15N2O2-. The summed E-state index contributed by atoms with van der Waals surface area (Å²) in [4.78, 5) is 15.5. The van der Waals surface area contributed by atoms with E-state index in [0.29, 0.717) is 0 Å². The Morgan fingerprint density at radius 2 is 1.91 bits per heavy atom. The van der Waals surface area contributed by atoms with E-state index in [0.717, 1.165) is 33.5 Å². The van der Waals surface area contributed by atoms with Crippen LogP contribution in [0.2, 0.25) is 0 Å². The van der Waals surface area contributed by atoms with Crippen LogP contribution in [0.3, 0.4) is 0 Å². The van der Waals surface area contributed by atoms with Crippen LogP contribution in [-0.2, 0) is 0 Å². The Hall–Kier alpha value is -2.88. The van der Waals surface area contributed by atoms with Crippen LogP contribution in [0.1, 0.15) is 21.6 Å². The molecule has 1 N–H and O–H groups in total. The third-order valence-electron chi connectivity index (χ3n) is 3.47. The van der Waals surface area contributed by atoms with Gasteiger partial charge in [-0.1, -0.05) is 18.2 Å². The van der Waals surface area contributed by atoms with E-state index in [4.69, 9.17) is 0 Å². The van der Waals surface area contributed by atoms with Crippen LogP contribution >= 0.6 is 0 Å². The smallest absolute Gasteiger partial charge is 0.0726 e. The highest BCUT2D eigenvalue weighted by Gasteiger charge is 2.06. The number of hydrogen-bond acceptors (Lipinski definition) is 4. The number of hydrogen-bond donors (Lipinski definition) is 1. The Bertz CT molecular complexity index is 872. The molecule has 0 bridgehead atoms. The van der Waals surface area contributed by atoms with Gasteiger partial charge in [0.15, 0.2) is 0 Å². The normalized spacial score (nSPS) is 10.6. The lowest BCUT2D eigenvalue weighted by Crippen LogP contribution is -2.22. The van der Waals surface area contributed by atoms with E-state index in [1.807, 2.05) is 44.2 Å². The van der Waals surface area contributed by atoms with Crippen molar-refractivity contribution in [3.8, 4) is 0 Å². The van der Waals surface area contributed by atoms with E-state index in [1.54, 1.807) is 12.1 Å². The number of aromatic carboxylic acids is 1. The molecule has 110 valence electrons. The topological polar surface area (TPSA) is 65.0 Å². The Morgan fingerprint density at radius 3 is 2.64 bits per heavy atom. The second kappa shape index (κ2) is 5.48. The minimum absolute atomic E-state index is 0.144. The van der Waals surface area contributed by atoms with Crippen LogP contribution in [-0.4, -0.2) is 11.0 Å². The minimum Gasteiger partial charge on any atom is -0.545 e. The highest BCUT2D eigenvalue weighted by molar-refractivity contribution is 5.98. The number of carboxylic acids is 1. The molecule has 0 amide bonds. The van der Waals surface area contributed by atoms with E-state index >= 15 is 0 Å². The Balaban J connectivity index is 2.14. The first kappa shape index (κ1) is 14.1. The summed E-state index contributed by atoms with van der Waals surface area (Å²) < 4.78 is 0. The highest BCUT2D eigenvalue weighted by atomic mass is 16.4. The van der Waals surface area contributed by atoms with Crippen LogP contribution in [0.5, 0.6) is 0 Å². The molecule has 0 atom stereocenters. The summed E-state index contributed by atoms with van der Waals surface area (Å²) in [6.45, 7) is 3.93. The van der Waals surface area contributed by atoms with Gasteiger partial charge in [0, 0.05) is 22.5 Å². The molecule has 0 saturated heterocycles. The van der Waals surface area contributed by atoms with Gasteiger partial charge in [0.05, 0.1) is 11.5 Å². The molecule has 0 aliphatic carbocycles. The maximum Gasteiger partial charge on any atom is 0.0726 e. The lowest BCUT2D eigenvalue weighted by atomic mass is 10.1. The number of benzene rings is 2. The fourth-order valence-electron chi connectivity index (χ4n) is 2.47. The highest BCUT2D eigenvalue weighted by Crippen LogP contribution is 2.27. The lowest BCUT2D eigenvalue weighted by molar-refractivity contribution is -0.255. The molecule has 0 saturated carbocycles. The second-order valence-corrected chi connectivity index (χ2v) is 5.33. The lowest BCUT2D eigenvalue weighted by Gasteiger charge is -2.13. The zero-order valence-electron chi connectivity index (χ0n) is 12.4. The van der Waals surface area contributed by atoms with Gasteiger partial charge in [-0.25, -0.2) is 0 Å². The Morgan fingerprint density at radius 1 is 1.09 bits per heavy atom. The average molecular weight is 291 g/mol. The fraction of sp³-hybridized carbons (Fsp3) is 0.111. The summed E-state index contributed by atoms with van der Waals surface area (Å²) in [6.07, 6.45) is 0. The van der Waals surface area contributed by atoms with Crippen molar-refractivity contribution in [2.75, 3.05) is 5.32 Å². The maximum absolute atomic E-state index is 11.1. The van der Waals surface area contributed by atoms with E-state index < -0.39 is 5.97 Å². The van der Waals surface area contributed by atoms with Gasteiger partial charge in [0.1, 0.15) is 0 Å². The quantitative estimate of drug-likeness (QED) is 0.805. The SMILES string of the molecule is Cc1cccc(Nc2cc(C)nc3ccc(C(=O)[O-])cc23)c1. The van der Waals surface area contributed by atoms with Crippen molar-refractivity contribution >= 4 is 28.2 Å². The molecule has 22 heavy (non-hydrogen) atoms. The molecule has 0 aliphatic heterocycles. The van der Waals surface area contributed by atoms with Crippen molar-refractivity contribution in [1.29, 1.82) is 0 Å². The van der Waals surface area contributed by atoms with Gasteiger partial charge < -0.3 is 15.2 Å². The Kier molecular flexibility index (Phi) is 3.51. The Labute approximate surface area is 128 Å². The summed E-state index contributed by atoms with van der Waals surface area (Å²) >= 11 is 0. The fourth-order valence-corrected chi connectivity index (χ4v) is 2.47. The van der Waals surface area contributed by atoms with Crippen molar-refractivity contribution < 1.29 is 9.90 Å². The molecule has 0 fully saturated rings. The van der Waals surface area contributed by atoms with E-state index in [2.05, 4.69) is 10.3 Å². The van der Waals surface area contributed by atoms with Gasteiger partial charge in [0.2, 0.25) is 0 Å². The molecule has 0 radical (unpaired) electrons. The predicted octanol–water partition coefficient (Wildman–Crippen LogP) is 2.96. The first-order valence-electron chi connectivity index (χ1n) is 6.99. The third-order valence-corrected chi connectivity index (χ3v) is 3.47. The summed E-state index contributed by atoms with van der Waals surface area (Å²) in [7, 11) is 0. The second-order valence-electron chi connectivity index (χ2n) is 5.33. The van der Waals surface area contributed by atoms with Crippen molar-refractivity contribution in [2.24, 2.45) is 0 Å². The summed E-state index contributed by atoms with van der Waals surface area (Å²) in [5, 5.41) is 15.2. The van der Waals surface area contributed by atoms with Crippen LogP contribution in [0.25, 0.3) is 10.9 Å². The van der Waals surface area contributed by atoms with Gasteiger partial charge >= 0.3 is 0 Å². The molecule has 4 heteroatoms. The third kappa shape index (κ3) is 2.76. The van der Waals surface area contributed by atoms with Gasteiger partial charge in [0.25, 0.3) is 0 Å². The zero-order chi connectivity index (χ0) is 15.7. The number of carboxylic acid groups (broad SMARTS) is 1. The largest absolute Gasteiger partial charge is 0.545 e. The number of pyridine rings is 1. The summed E-state index contributed by atoms with van der Waals surface area (Å²) in [5.41, 5.74) is 4.69. The summed E-state index contributed by atoms with van der Waals surface area (Å²) in [5.74, 6) is -1.19. The van der Waals surface area contributed by atoms with Gasteiger partial charge in [-0.3, -0.25) is 4.98 Å². The molecule has 3 aromatic rings. The first-order chi connectivity index (χ1) is 10.5. The molecule has 1 aromatic heterocycles. The van der Waals surface area contributed by atoms with Crippen molar-refractivity contribution in [3.63, 3.8) is 0 Å². The maximum atomic E-state index is 11.1. The minimum atomic E-state index is -1.19. The predicted molar refractivity (Wildman–Crippen MR) is 85.3 cm³/mol. The van der Waals surface area contributed by atoms with E-state index in [9.17, 15) is 9.90 Å². The molecule has 3 rings (SSSR count). The van der Waals surface area contributed by atoms with Crippen LogP contribution in [0, 0.1) is 13.8 Å². The molecule has 0 aliphatic rings. The molecule has 0 unspecified atom stereocenters. The van der Waals surface area contributed by atoms with Crippen LogP contribution in [0.4, 0.5) is 11.4 Å². The van der Waals surface area contributed by atoms with E-state index in [1.165, 1.54) is 6.07 Å². The standard InChI is InChI=1S/C18H16N2O2/c1-11-4-3-5-14(8-11)20-17-9-12(2)19-16-7-6-13(18(21)22)10-15(16)17/h3-10H,1-2H3,(H,19,20)(H,21,22)/p-1. The molecular weight excluding hydrogens is 276 g/mol. The molecule has 0 spiro atoms. The van der Waals surface area contributed by atoms with Gasteiger partial charge in [-0.2, -0.15) is 0 Å². The number of rotatable bonds is 3. The van der Waals surface area contributed by atoms with E-state index in [-0.39, 0.29) is 5.56 Å². The monoisotopic (exact) mass is 291 g/mol. The van der Waals surface area contributed by atoms with Gasteiger partial charge in [-0.05, 0) is 55.3 Å². The number of aromatic nitrogens is 1. The number of nitrogens with zero attached hydrogens (tertiary/aromatic N) is 1.